The summed E-state index contributed by atoms with van der Waals surface area (Å²) in [5.41, 5.74) is 7.30. The number of primary amides is 1. The molecule has 1 aliphatic heterocycles. The van der Waals surface area contributed by atoms with E-state index >= 15 is 0 Å². The van der Waals surface area contributed by atoms with Gasteiger partial charge in [0.2, 0.25) is 5.91 Å². The lowest BCUT2D eigenvalue weighted by molar-refractivity contribution is -0.122. The van der Waals surface area contributed by atoms with E-state index in [1.165, 1.54) is 17.0 Å². The zero-order valence-corrected chi connectivity index (χ0v) is 13.2. The number of hydrogen-bond donors (Lipinski definition) is 1. The van der Waals surface area contributed by atoms with Crippen LogP contribution in [0.1, 0.15) is 28.4 Å². The van der Waals surface area contributed by atoms with E-state index in [0.29, 0.717) is 23.4 Å². The molecular formula is C18H17FN2O3. The highest BCUT2D eigenvalue weighted by Gasteiger charge is 2.33. The summed E-state index contributed by atoms with van der Waals surface area (Å²) in [6.07, 6.45) is 0. The number of amides is 2. The monoisotopic (exact) mass is 328 g/mol. The van der Waals surface area contributed by atoms with Crippen molar-refractivity contribution in [3.63, 3.8) is 0 Å². The van der Waals surface area contributed by atoms with E-state index in [2.05, 4.69) is 0 Å². The molecule has 1 aliphatic rings. The summed E-state index contributed by atoms with van der Waals surface area (Å²) in [4.78, 5) is 25.2. The number of ether oxygens (including phenoxy) is 1. The van der Waals surface area contributed by atoms with Crippen LogP contribution in [0.25, 0.3) is 0 Å². The molecule has 2 amide bonds. The van der Waals surface area contributed by atoms with E-state index in [1.807, 2.05) is 0 Å². The first-order valence-corrected chi connectivity index (χ1v) is 7.56. The minimum Gasteiger partial charge on any atom is -0.489 e. The number of nitrogens with zero attached hydrogens (tertiary/aromatic N) is 1. The summed E-state index contributed by atoms with van der Waals surface area (Å²) in [5.74, 6) is -0.595. The first-order valence-electron chi connectivity index (χ1n) is 7.56. The number of hydrogen-bond acceptors (Lipinski definition) is 3. The molecule has 2 aromatic rings. The Morgan fingerprint density at radius 3 is 2.83 bits per heavy atom. The molecule has 3 rings (SSSR count). The van der Waals surface area contributed by atoms with Gasteiger partial charge in [0.1, 0.15) is 24.2 Å². The van der Waals surface area contributed by atoms with Gasteiger partial charge in [0.05, 0.1) is 0 Å². The number of fused-ring (bicyclic) bond motifs is 1. The van der Waals surface area contributed by atoms with Crippen molar-refractivity contribution < 1.29 is 18.7 Å². The third-order valence-corrected chi connectivity index (χ3v) is 4.09. The van der Waals surface area contributed by atoms with Gasteiger partial charge in [-0.05, 0) is 42.3 Å². The van der Waals surface area contributed by atoms with Crippen LogP contribution in [0.4, 0.5) is 4.39 Å². The topological polar surface area (TPSA) is 72.6 Å². The summed E-state index contributed by atoms with van der Waals surface area (Å²) < 4.78 is 18.8. The van der Waals surface area contributed by atoms with E-state index in [4.69, 9.17) is 10.5 Å². The van der Waals surface area contributed by atoms with Gasteiger partial charge in [-0.15, -0.1) is 0 Å². The third kappa shape index (κ3) is 3.08. The van der Waals surface area contributed by atoms with Crippen LogP contribution >= 0.6 is 0 Å². The van der Waals surface area contributed by atoms with Gasteiger partial charge in [0, 0.05) is 12.1 Å². The zero-order chi connectivity index (χ0) is 17.3. The summed E-state index contributed by atoms with van der Waals surface area (Å²) in [7, 11) is 0. The van der Waals surface area contributed by atoms with Crippen LogP contribution in [-0.2, 0) is 17.9 Å². The lowest BCUT2D eigenvalue weighted by Gasteiger charge is -2.20. The summed E-state index contributed by atoms with van der Waals surface area (Å²) in [6.45, 7) is 2.15. The van der Waals surface area contributed by atoms with Crippen molar-refractivity contribution in [1.29, 1.82) is 0 Å². The second-order valence-corrected chi connectivity index (χ2v) is 5.75. The van der Waals surface area contributed by atoms with Crippen LogP contribution < -0.4 is 10.5 Å². The standard InChI is InChI=1S/C18H17FN2O3/c1-11(17(20)22)21-9-13-5-6-15(8-16(13)18(21)23)24-10-12-3-2-4-14(19)7-12/h2-8,11H,9-10H2,1H3,(H2,20,22). The van der Waals surface area contributed by atoms with Crippen molar-refractivity contribution in [2.75, 3.05) is 0 Å². The molecule has 0 bridgehead atoms. The quantitative estimate of drug-likeness (QED) is 0.915. The van der Waals surface area contributed by atoms with Gasteiger partial charge < -0.3 is 15.4 Å². The summed E-state index contributed by atoms with van der Waals surface area (Å²) >= 11 is 0. The van der Waals surface area contributed by atoms with Gasteiger partial charge in [-0.2, -0.15) is 0 Å². The highest BCUT2D eigenvalue weighted by atomic mass is 19.1. The lowest BCUT2D eigenvalue weighted by atomic mass is 10.1. The predicted octanol–water partition coefficient (Wildman–Crippen LogP) is 2.23. The Morgan fingerprint density at radius 2 is 2.12 bits per heavy atom. The molecule has 5 nitrogen and oxygen atoms in total. The number of carbonyl (C=O) groups is 2. The van der Waals surface area contributed by atoms with E-state index in [9.17, 15) is 14.0 Å². The van der Waals surface area contributed by atoms with Gasteiger partial charge in [-0.1, -0.05) is 18.2 Å². The molecule has 1 unspecified atom stereocenters. The SMILES string of the molecule is CC(C(N)=O)N1Cc2ccc(OCc3cccc(F)c3)cc2C1=O. The molecule has 24 heavy (non-hydrogen) atoms. The minimum absolute atomic E-state index is 0.201. The second-order valence-electron chi connectivity index (χ2n) is 5.75. The molecule has 1 heterocycles. The molecule has 0 spiro atoms. The van der Waals surface area contributed by atoms with E-state index in [1.54, 1.807) is 37.3 Å². The summed E-state index contributed by atoms with van der Waals surface area (Å²) in [5, 5.41) is 0. The fraction of sp³-hybridized carbons (Fsp3) is 0.222. The van der Waals surface area contributed by atoms with Crippen LogP contribution in [-0.4, -0.2) is 22.8 Å². The van der Waals surface area contributed by atoms with Crippen LogP contribution in [0.5, 0.6) is 5.75 Å². The fourth-order valence-corrected chi connectivity index (χ4v) is 2.65. The lowest BCUT2D eigenvalue weighted by Crippen LogP contribution is -2.42. The van der Waals surface area contributed by atoms with Crippen molar-refractivity contribution in [2.45, 2.75) is 26.1 Å². The molecule has 0 aliphatic carbocycles. The zero-order valence-electron chi connectivity index (χ0n) is 13.2. The van der Waals surface area contributed by atoms with Gasteiger partial charge in [0.25, 0.3) is 5.91 Å². The maximum absolute atomic E-state index is 13.2. The van der Waals surface area contributed by atoms with Crippen molar-refractivity contribution >= 4 is 11.8 Å². The first-order chi connectivity index (χ1) is 11.5. The number of nitrogens with two attached hydrogens (primary N) is 1. The molecule has 0 aromatic heterocycles. The Morgan fingerprint density at radius 1 is 1.33 bits per heavy atom. The van der Waals surface area contributed by atoms with Crippen LogP contribution in [0.3, 0.4) is 0 Å². The van der Waals surface area contributed by atoms with E-state index in [-0.39, 0.29) is 18.3 Å². The van der Waals surface area contributed by atoms with E-state index < -0.39 is 11.9 Å². The van der Waals surface area contributed by atoms with Gasteiger partial charge in [0.15, 0.2) is 0 Å². The third-order valence-electron chi connectivity index (χ3n) is 4.09. The fourth-order valence-electron chi connectivity index (χ4n) is 2.65. The molecule has 2 aromatic carbocycles. The number of benzene rings is 2. The Kier molecular flexibility index (Phi) is 4.20. The van der Waals surface area contributed by atoms with Crippen molar-refractivity contribution in [1.82, 2.24) is 4.90 Å². The maximum atomic E-state index is 13.2. The Balaban J connectivity index is 1.74. The van der Waals surface area contributed by atoms with Crippen LogP contribution in [0, 0.1) is 5.82 Å². The number of rotatable bonds is 5. The second kappa shape index (κ2) is 6.31. The van der Waals surface area contributed by atoms with Crippen molar-refractivity contribution in [2.24, 2.45) is 5.73 Å². The minimum atomic E-state index is -0.665. The molecule has 0 fully saturated rings. The molecule has 0 radical (unpaired) electrons. The smallest absolute Gasteiger partial charge is 0.255 e. The summed E-state index contributed by atoms with van der Waals surface area (Å²) in [6, 6.07) is 10.7. The van der Waals surface area contributed by atoms with Gasteiger partial charge in [-0.25, -0.2) is 4.39 Å². The first kappa shape index (κ1) is 16.0. The normalized spacial score (nSPS) is 14.4. The molecule has 2 N–H and O–H groups in total. The highest BCUT2D eigenvalue weighted by Crippen LogP contribution is 2.28. The van der Waals surface area contributed by atoms with Crippen molar-refractivity contribution in [3.8, 4) is 5.75 Å². The van der Waals surface area contributed by atoms with Crippen LogP contribution in [0.15, 0.2) is 42.5 Å². The van der Waals surface area contributed by atoms with E-state index in [0.717, 1.165) is 5.56 Å². The molecule has 1 atom stereocenters. The average Bonchev–Trinajstić information content (AvgIpc) is 2.89. The van der Waals surface area contributed by atoms with Gasteiger partial charge >= 0.3 is 0 Å². The molecule has 0 saturated carbocycles. The maximum Gasteiger partial charge on any atom is 0.255 e. The average molecular weight is 328 g/mol. The number of carbonyl (C=O) groups excluding carboxylic acids is 2. The largest absolute Gasteiger partial charge is 0.489 e. The Bertz CT molecular complexity index is 807. The number of halogens is 1. The molecule has 6 heteroatoms. The Hall–Kier alpha value is -2.89. The van der Waals surface area contributed by atoms with Crippen LogP contribution in [0.2, 0.25) is 0 Å². The van der Waals surface area contributed by atoms with Crippen molar-refractivity contribution in [3.05, 3.63) is 65.0 Å². The predicted molar refractivity (Wildman–Crippen MR) is 85.7 cm³/mol. The molecule has 0 saturated heterocycles. The molecule has 124 valence electrons. The van der Waals surface area contributed by atoms with Gasteiger partial charge in [-0.3, -0.25) is 9.59 Å². The molecular weight excluding hydrogens is 311 g/mol. The Labute approximate surface area is 138 Å². The highest BCUT2D eigenvalue weighted by molar-refractivity contribution is 6.01.